The first-order chi connectivity index (χ1) is 11.5. The van der Waals surface area contributed by atoms with Crippen LogP contribution in [0.4, 0.5) is 0 Å². The molecular formula is C19H20INO2S. The minimum absolute atomic E-state index is 0.355. The highest BCUT2D eigenvalue weighted by atomic mass is 127. The molecule has 5 heteroatoms. The SMILES string of the molecule is Cc1ccc(S(=O)(=O)N2C/C=C(/I)CCc3ccccc3C2)cc1. The van der Waals surface area contributed by atoms with Crippen molar-refractivity contribution in [1.29, 1.82) is 0 Å². The van der Waals surface area contributed by atoms with Crippen molar-refractivity contribution in [3.8, 4) is 0 Å². The summed E-state index contributed by atoms with van der Waals surface area (Å²) in [4.78, 5) is 0.355. The van der Waals surface area contributed by atoms with Gasteiger partial charge in [-0.15, -0.1) is 0 Å². The lowest BCUT2D eigenvalue weighted by atomic mass is 10.0. The topological polar surface area (TPSA) is 37.4 Å². The van der Waals surface area contributed by atoms with Crippen molar-refractivity contribution in [1.82, 2.24) is 4.31 Å². The first-order valence-corrected chi connectivity index (χ1v) is 10.5. The molecule has 0 N–H and O–H groups in total. The normalized spacial score (nSPS) is 18.7. The molecule has 0 atom stereocenters. The molecule has 3 rings (SSSR count). The van der Waals surface area contributed by atoms with Crippen molar-refractivity contribution in [3.63, 3.8) is 0 Å². The second-order valence-corrected chi connectivity index (χ2v) is 9.35. The zero-order valence-corrected chi connectivity index (χ0v) is 16.5. The molecule has 126 valence electrons. The zero-order valence-electron chi connectivity index (χ0n) is 13.6. The van der Waals surface area contributed by atoms with E-state index in [0.29, 0.717) is 18.0 Å². The van der Waals surface area contributed by atoms with Gasteiger partial charge in [-0.05, 0) is 69.2 Å². The van der Waals surface area contributed by atoms with E-state index in [9.17, 15) is 8.42 Å². The maximum atomic E-state index is 13.1. The van der Waals surface area contributed by atoms with Gasteiger partial charge in [0.15, 0.2) is 0 Å². The molecule has 0 radical (unpaired) electrons. The summed E-state index contributed by atoms with van der Waals surface area (Å²) in [7, 11) is -3.52. The van der Waals surface area contributed by atoms with Gasteiger partial charge in [-0.2, -0.15) is 4.31 Å². The average molecular weight is 453 g/mol. The first kappa shape index (κ1) is 17.6. The number of hydrogen-bond acceptors (Lipinski definition) is 2. The molecule has 0 unspecified atom stereocenters. The van der Waals surface area contributed by atoms with E-state index < -0.39 is 10.0 Å². The van der Waals surface area contributed by atoms with Gasteiger partial charge in [-0.3, -0.25) is 0 Å². The molecule has 3 nitrogen and oxygen atoms in total. The molecule has 0 amide bonds. The summed E-state index contributed by atoms with van der Waals surface area (Å²) < 4.78 is 28.9. The molecule has 0 aromatic heterocycles. The molecular weight excluding hydrogens is 433 g/mol. The van der Waals surface area contributed by atoms with E-state index in [0.717, 1.165) is 24.0 Å². The molecule has 1 aliphatic rings. The second-order valence-electron chi connectivity index (χ2n) is 6.03. The molecule has 0 bridgehead atoms. The van der Waals surface area contributed by atoms with Crippen LogP contribution in [0.25, 0.3) is 0 Å². The molecule has 0 saturated carbocycles. The number of benzene rings is 2. The fourth-order valence-corrected chi connectivity index (χ4v) is 4.63. The van der Waals surface area contributed by atoms with E-state index in [1.165, 1.54) is 9.14 Å². The lowest BCUT2D eigenvalue weighted by Crippen LogP contribution is -2.31. The van der Waals surface area contributed by atoms with Crippen LogP contribution in [-0.2, 0) is 23.0 Å². The Kier molecular flexibility index (Phi) is 5.42. The summed E-state index contributed by atoms with van der Waals surface area (Å²) in [5, 5.41) is 0. The molecule has 0 aliphatic carbocycles. The van der Waals surface area contributed by atoms with Gasteiger partial charge in [-0.1, -0.05) is 48.0 Å². The number of sulfonamides is 1. The van der Waals surface area contributed by atoms with Crippen LogP contribution in [0.5, 0.6) is 0 Å². The Balaban J connectivity index is 2.01. The largest absolute Gasteiger partial charge is 0.243 e. The van der Waals surface area contributed by atoms with Crippen LogP contribution in [0.2, 0.25) is 0 Å². The Morgan fingerprint density at radius 2 is 1.62 bits per heavy atom. The Hall–Kier alpha value is -1.18. The van der Waals surface area contributed by atoms with E-state index in [4.69, 9.17) is 0 Å². The fourth-order valence-electron chi connectivity index (χ4n) is 2.81. The Labute approximate surface area is 157 Å². The molecule has 0 saturated heterocycles. The van der Waals surface area contributed by atoms with Gasteiger partial charge in [0.05, 0.1) is 4.90 Å². The first-order valence-electron chi connectivity index (χ1n) is 7.95. The molecule has 24 heavy (non-hydrogen) atoms. The highest BCUT2D eigenvalue weighted by Gasteiger charge is 2.25. The van der Waals surface area contributed by atoms with Crippen LogP contribution in [-0.4, -0.2) is 19.3 Å². The summed E-state index contributed by atoms with van der Waals surface area (Å²) in [6.07, 6.45) is 3.93. The predicted octanol–water partition coefficient (Wildman–Crippen LogP) is 4.45. The van der Waals surface area contributed by atoms with Crippen molar-refractivity contribution >= 4 is 32.6 Å². The fraction of sp³-hybridized carbons (Fsp3) is 0.263. The highest BCUT2D eigenvalue weighted by Crippen LogP contribution is 2.25. The van der Waals surface area contributed by atoms with Crippen LogP contribution in [0, 0.1) is 6.92 Å². The quantitative estimate of drug-likeness (QED) is 0.631. The Morgan fingerprint density at radius 1 is 0.958 bits per heavy atom. The third kappa shape index (κ3) is 3.90. The third-order valence-corrected chi connectivity index (χ3v) is 7.08. The van der Waals surface area contributed by atoms with E-state index >= 15 is 0 Å². The summed E-state index contributed by atoms with van der Waals surface area (Å²) in [6.45, 7) is 2.77. The van der Waals surface area contributed by atoms with Crippen molar-refractivity contribution in [2.45, 2.75) is 31.2 Å². The molecule has 2 aromatic carbocycles. The summed E-state index contributed by atoms with van der Waals surface area (Å²) >= 11 is 2.31. The number of halogens is 1. The van der Waals surface area contributed by atoms with E-state index in [2.05, 4.69) is 28.7 Å². The van der Waals surface area contributed by atoms with E-state index in [1.54, 1.807) is 16.4 Å². The van der Waals surface area contributed by atoms with Crippen LogP contribution in [0.3, 0.4) is 0 Å². The van der Waals surface area contributed by atoms with Gasteiger partial charge >= 0.3 is 0 Å². The smallest absolute Gasteiger partial charge is 0.207 e. The maximum Gasteiger partial charge on any atom is 0.243 e. The monoisotopic (exact) mass is 453 g/mol. The van der Waals surface area contributed by atoms with Gasteiger partial charge in [0.1, 0.15) is 0 Å². The van der Waals surface area contributed by atoms with E-state index in [-0.39, 0.29) is 0 Å². The predicted molar refractivity (Wildman–Crippen MR) is 106 cm³/mol. The van der Waals surface area contributed by atoms with Gasteiger partial charge in [0.25, 0.3) is 0 Å². The number of nitrogens with zero attached hydrogens (tertiary/aromatic N) is 1. The third-order valence-electron chi connectivity index (χ3n) is 4.27. The van der Waals surface area contributed by atoms with E-state index in [1.807, 2.05) is 43.3 Å². The molecule has 1 aliphatic heterocycles. The van der Waals surface area contributed by atoms with Crippen LogP contribution in [0.15, 0.2) is 63.1 Å². The van der Waals surface area contributed by atoms with Crippen molar-refractivity contribution in [3.05, 3.63) is 74.9 Å². The zero-order chi connectivity index (χ0) is 17.2. The van der Waals surface area contributed by atoms with Crippen LogP contribution in [0.1, 0.15) is 23.1 Å². The summed E-state index contributed by atoms with van der Waals surface area (Å²) in [5.74, 6) is 0. The number of hydrogen-bond donors (Lipinski definition) is 0. The lowest BCUT2D eigenvalue weighted by Gasteiger charge is -2.22. The highest BCUT2D eigenvalue weighted by molar-refractivity contribution is 14.1. The molecule has 2 aromatic rings. The van der Waals surface area contributed by atoms with Crippen LogP contribution < -0.4 is 0 Å². The Morgan fingerprint density at radius 3 is 2.33 bits per heavy atom. The number of fused-ring (bicyclic) bond motifs is 1. The lowest BCUT2D eigenvalue weighted by molar-refractivity contribution is 0.437. The van der Waals surface area contributed by atoms with Gasteiger partial charge in [0, 0.05) is 13.1 Å². The van der Waals surface area contributed by atoms with Gasteiger partial charge in [-0.25, -0.2) is 8.42 Å². The molecule has 0 fully saturated rings. The minimum atomic E-state index is -3.52. The van der Waals surface area contributed by atoms with Gasteiger partial charge in [0.2, 0.25) is 10.0 Å². The maximum absolute atomic E-state index is 13.1. The number of rotatable bonds is 2. The number of allylic oxidation sites excluding steroid dienone is 1. The Bertz CT molecular complexity index is 857. The van der Waals surface area contributed by atoms with Crippen molar-refractivity contribution in [2.75, 3.05) is 6.54 Å². The second kappa shape index (κ2) is 7.37. The van der Waals surface area contributed by atoms with Gasteiger partial charge < -0.3 is 0 Å². The molecule has 0 spiro atoms. The minimum Gasteiger partial charge on any atom is -0.207 e. The van der Waals surface area contributed by atoms with Crippen LogP contribution >= 0.6 is 22.6 Å². The summed E-state index contributed by atoms with van der Waals surface area (Å²) in [5.41, 5.74) is 3.37. The molecule has 1 heterocycles. The van der Waals surface area contributed by atoms with Crippen molar-refractivity contribution in [2.24, 2.45) is 0 Å². The standard InChI is InChI=1S/C19H20INO2S/c1-15-6-10-19(11-7-15)24(22,23)21-13-12-18(20)9-8-16-4-2-3-5-17(16)14-21/h2-7,10-12H,8-9,13-14H2,1H3/b18-12+. The summed E-state index contributed by atoms with van der Waals surface area (Å²) in [6, 6.07) is 15.2. The number of aryl methyl sites for hydroxylation is 2. The van der Waals surface area contributed by atoms with Crippen molar-refractivity contribution < 1.29 is 8.42 Å². The average Bonchev–Trinajstić information content (AvgIpc) is 2.65.